The van der Waals surface area contributed by atoms with Gasteiger partial charge in [-0.3, -0.25) is 4.90 Å². The molecule has 0 saturated carbocycles. The summed E-state index contributed by atoms with van der Waals surface area (Å²) in [5.41, 5.74) is 1.18. The van der Waals surface area contributed by atoms with Crippen LogP contribution in [0.25, 0.3) is 0 Å². The molecule has 0 aromatic carbocycles. The molecule has 86 valence electrons. The number of nitrogens with zero attached hydrogens (tertiary/aromatic N) is 2. The van der Waals surface area contributed by atoms with Crippen molar-refractivity contribution < 1.29 is 0 Å². The van der Waals surface area contributed by atoms with Gasteiger partial charge in [0.1, 0.15) is 0 Å². The summed E-state index contributed by atoms with van der Waals surface area (Å²) in [5, 5.41) is 4.33. The topological polar surface area (TPSA) is 28.2 Å². The van der Waals surface area contributed by atoms with Gasteiger partial charge in [-0.25, -0.2) is 4.98 Å². The van der Waals surface area contributed by atoms with E-state index in [0.717, 1.165) is 18.1 Å². The molecule has 0 aliphatic carbocycles. The minimum atomic E-state index is 0.463. The first-order valence-electron chi connectivity index (χ1n) is 5.35. The van der Waals surface area contributed by atoms with Gasteiger partial charge in [-0.2, -0.15) is 0 Å². The van der Waals surface area contributed by atoms with Crippen molar-refractivity contribution in [3.8, 4) is 0 Å². The minimum absolute atomic E-state index is 0.463. The Kier molecular flexibility index (Phi) is 4.70. The van der Waals surface area contributed by atoms with Gasteiger partial charge in [-0.1, -0.05) is 0 Å². The SMILES string of the molecule is CNCCN(C)C(C)c1sc(C)nc1C. The Labute approximate surface area is 96.5 Å². The third kappa shape index (κ3) is 3.26. The summed E-state index contributed by atoms with van der Waals surface area (Å²) in [4.78, 5) is 8.22. The Bertz CT molecular complexity index is 309. The van der Waals surface area contributed by atoms with Crippen molar-refractivity contribution in [3.63, 3.8) is 0 Å². The lowest BCUT2D eigenvalue weighted by Crippen LogP contribution is -2.29. The molecule has 0 saturated heterocycles. The Morgan fingerprint density at radius 3 is 2.60 bits per heavy atom. The monoisotopic (exact) mass is 227 g/mol. The molecule has 1 heterocycles. The van der Waals surface area contributed by atoms with Crippen molar-refractivity contribution in [2.45, 2.75) is 26.8 Å². The molecule has 15 heavy (non-hydrogen) atoms. The number of rotatable bonds is 5. The molecular weight excluding hydrogens is 206 g/mol. The van der Waals surface area contributed by atoms with E-state index < -0.39 is 0 Å². The highest BCUT2D eigenvalue weighted by molar-refractivity contribution is 7.11. The Morgan fingerprint density at radius 1 is 1.47 bits per heavy atom. The quantitative estimate of drug-likeness (QED) is 0.833. The van der Waals surface area contributed by atoms with E-state index in [-0.39, 0.29) is 0 Å². The zero-order chi connectivity index (χ0) is 11.4. The second-order valence-corrected chi connectivity index (χ2v) is 5.18. The molecule has 1 rings (SSSR count). The minimum Gasteiger partial charge on any atom is -0.318 e. The van der Waals surface area contributed by atoms with E-state index >= 15 is 0 Å². The average Bonchev–Trinajstić information content (AvgIpc) is 2.53. The van der Waals surface area contributed by atoms with E-state index in [1.54, 1.807) is 0 Å². The maximum Gasteiger partial charge on any atom is 0.0900 e. The van der Waals surface area contributed by atoms with Crippen LogP contribution in [0.15, 0.2) is 0 Å². The van der Waals surface area contributed by atoms with E-state index in [0.29, 0.717) is 6.04 Å². The number of hydrogen-bond donors (Lipinski definition) is 1. The van der Waals surface area contributed by atoms with Gasteiger partial charge in [0.05, 0.1) is 10.7 Å². The molecule has 1 N–H and O–H groups in total. The summed E-state index contributed by atoms with van der Waals surface area (Å²) in [6, 6.07) is 0.463. The first kappa shape index (κ1) is 12.6. The van der Waals surface area contributed by atoms with Crippen molar-refractivity contribution in [2.75, 3.05) is 27.2 Å². The van der Waals surface area contributed by atoms with E-state index in [1.165, 1.54) is 10.6 Å². The fourth-order valence-corrected chi connectivity index (χ4v) is 2.66. The number of likely N-dealkylation sites (N-methyl/N-ethyl adjacent to an activating group) is 2. The van der Waals surface area contributed by atoms with Crippen molar-refractivity contribution >= 4 is 11.3 Å². The van der Waals surface area contributed by atoms with E-state index in [1.807, 2.05) is 18.4 Å². The van der Waals surface area contributed by atoms with Gasteiger partial charge in [0.25, 0.3) is 0 Å². The lowest BCUT2D eigenvalue weighted by molar-refractivity contribution is 0.266. The molecule has 1 unspecified atom stereocenters. The lowest BCUT2D eigenvalue weighted by Gasteiger charge is -2.23. The Hall–Kier alpha value is -0.450. The number of thiazole rings is 1. The van der Waals surface area contributed by atoms with Gasteiger partial charge < -0.3 is 5.32 Å². The second kappa shape index (κ2) is 5.58. The largest absolute Gasteiger partial charge is 0.318 e. The standard InChI is InChI=1S/C11H21N3S/c1-8-11(15-10(3)13-8)9(2)14(5)7-6-12-4/h9,12H,6-7H2,1-5H3. The summed E-state index contributed by atoms with van der Waals surface area (Å²) >= 11 is 1.81. The molecule has 0 bridgehead atoms. The second-order valence-electron chi connectivity index (χ2n) is 3.94. The predicted octanol–water partition coefficient (Wildman–Crippen LogP) is 1.97. The van der Waals surface area contributed by atoms with Gasteiger partial charge in [-0.15, -0.1) is 11.3 Å². The van der Waals surface area contributed by atoms with Crippen LogP contribution in [0.5, 0.6) is 0 Å². The van der Waals surface area contributed by atoms with Crippen LogP contribution in [0.2, 0.25) is 0 Å². The number of hydrogen-bond acceptors (Lipinski definition) is 4. The van der Waals surface area contributed by atoms with Crippen LogP contribution >= 0.6 is 11.3 Å². The van der Waals surface area contributed by atoms with Gasteiger partial charge in [0.2, 0.25) is 0 Å². The normalized spacial score (nSPS) is 13.5. The van der Waals surface area contributed by atoms with Crippen LogP contribution in [-0.4, -0.2) is 37.1 Å². The molecule has 0 aliphatic heterocycles. The highest BCUT2D eigenvalue weighted by Crippen LogP contribution is 2.27. The van der Waals surface area contributed by atoms with Crippen LogP contribution < -0.4 is 5.32 Å². The third-order valence-corrected chi connectivity index (χ3v) is 3.94. The smallest absolute Gasteiger partial charge is 0.0900 e. The lowest BCUT2D eigenvalue weighted by atomic mass is 10.2. The van der Waals surface area contributed by atoms with Crippen LogP contribution in [0.3, 0.4) is 0 Å². The number of aryl methyl sites for hydroxylation is 2. The van der Waals surface area contributed by atoms with Gasteiger partial charge in [0, 0.05) is 24.0 Å². The van der Waals surface area contributed by atoms with Crippen LogP contribution in [0.4, 0.5) is 0 Å². The van der Waals surface area contributed by atoms with E-state index in [2.05, 4.69) is 43.0 Å². The zero-order valence-electron chi connectivity index (χ0n) is 10.3. The van der Waals surface area contributed by atoms with Crippen LogP contribution in [-0.2, 0) is 0 Å². The highest BCUT2D eigenvalue weighted by atomic mass is 32.1. The molecule has 1 atom stereocenters. The number of nitrogens with one attached hydrogen (secondary N) is 1. The summed E-state index contributed by atoms with van der Waals surface area (Å²) in [5.74, 6) is 0. The van der Waals surface area contributed by atoms with Crippen LogP contribution in [0, 0.1) is 13.8 Å². The molecule has 1 aromatic heterocycles. The fourth-order valence-electron chi connectivity index (χ4n) is 1.62. The molecule has 3 nitrogen and oxygen atoms in total. The zero-order valence-corrected chi connectivity index (χ0v) is 11.1. The average molecular weight is 227 g/mol. The molecule has 1 aromatic rings. The van der Waals surface area contributed by atoms with Crippen molar-refractivity contribution in [2.24, 2.45) is 0 Å². The summed E-state index contributed by atoms with van der Waals surface area (Å²) in [6.45, 7) is 8.50. The van der Waals surface area contributed by atoms with E-state index in [9.17, 15) is 0 Å². The molecule has 0 fully saturated rings. The predicted molar refractivity (Wildman–Crippen MR) is 66.6 cm³/mol. The Morgan fingerprint density at radius 2 is 2.13 bits per heavy atom. The highest BCUT2D eigenvalue weighted by Gasteiger charge is 2.16. The van der Waals surface area contributed by atoms with Gasteiger partial charge in [-0.05, 0) is 34.9 Å². The Balaban J connectivity index is 2.66. The maximum atomic E-state index is 4.47. The molecule has 0 spiro atoms. The fraction of sp³-hybridized carbons (Fsp3) is 0.727. The van der Waals surface area contributed by atoms with Crippen molar-refractivity contribution in [1.82, 2.24) is 15.2 Å². The summed E-state index contributed by atoms with van der Waals surface area (Å²) < 4.78 is 0. The first-order chi connectivity index (χ1) is 7.06. The molecular formula is C11H21N3S. The maximum absolute atomic E-state index is 4.47. The van der Waals surface area contributed by atoms with Crippen molar-refractivity contribution in [1.29, 1.82) is 0 Å². The van der Waals surface area contributed by atoms with Crippen LogP contribution in [0.1, 0.15) is 28.5 Å². The van der Waals surface area contributed by atoms with Crippen molar-refractivity contribution in [3.05, 3.63) is 15.6 Å². The molecule has 0 amide bonds. The summed E-state index contributed by atoms with van der Waals surface area (Å²) in [6.07, 6.45) is 0. The molecule has 4 heteroatoms. The number of aromatic nitrogens is 1. The third-order valence-electron chi connectivity index (χ3n) is 2.69. The molecule has 0 radical (unpaired) electrons. The first-order valence-corrected chi connectivity index (χ1v) is 6.16. The van der Waals surface area contributed by atoms with Gasteiger partial charge >= 0.3 is 0 Å². The summed E-state index contributed by atoms with van der Waals surface area (Å²) in [7, 11) is 4.15. The molecule has 0 aliphatic rings. The van der Waals surface area contributed by atoms with Gasteiger partial charge in [0.15, 0.2) is 0 Å². The van der Waals surface area contributed by atoms with E-state index in [4.69, 9.17) is 0 Å².